The first-order valence-corrected chi connectivity index (χ1v) is 11.4. The first-order chi connectivity index (χ1) is 12.5. The van der Waals surface area contributed by atoms with Gasteiger partial charge in [-0.15, -0.1) is 11.3 Å². The second kappa shape index (κ2) is 7.03. The normalized spacial score (nSPS) is 23.5. The Balaban J connectivity index is 1.63. The van der Waals surface area contributed by atoms with Crippen molar-refractivity contribution >= 4 is 21.4 Å². The predicted octanol–water partition coefficient (Wildman–Crippen LogP) is 1.96. The molecule has 2 aliphatic rings. The van der Waals surface area contributed by atoms with Crippen LogP contribution >= 0.6 is 11.3 Å². The Hall–Kier alpha value is -1.29. The van der Waals surface area contributed by atoms with Crippen LogP contribution in [-0.4, -0.2) is 60.3 Å². The molecule has 0 radical (unpaired) electrons. The second-order valence-electron chi connectivity index (χ2n) is 7.18. The Labute approximate surface area is 158 Å². The maximum absolute atomic E-state index is 12.3. The average molecular weight is 397 g/mol. The number of fused-ring (bicyclic) bond motifs is 1. The topological polar surface area (TPSA) is 77.3 Å². The van der Waals surface area contributed by atoms with Crippen LogP contribution in [0, 0.1) is 5.92 Å². The van der Waals surface area contributed by atoms with Gasteiger partial charge in [0.25, 0.3) is 0 Å². The van der Waals surface area contributed by atoms with Crippen LogP contribution in [0.25, 0.3) is 10.8 Å². The summed E-state index contributed by atoms with van der Waals surface area (Å²) in [6.45, 7) is 0.950. The van der Waals surface area contributed by atoms with Crippen LogP contribution in [0.3, 0.4) is 0 Å². The number of ether oxygens (including phenoxy) is 1. The molecule has 0 N–H and O–H groups in total. The van der Waals surface area contributed by atoms with Crippen molar-refractivity contribution in [1.82, 2.24) is 18.8 Å². The van der Waals surface area contributed by atoms with Crippen LogP contribution in [0.5, 0.6) is 0 Å². The smallest absolute Gasteiger partial charge is 0.214 e. The summed E-state index contributed by atoms with van der Waals surface area (Å²) in [6.07, 6.45) is 8.26. The van der Waals surface area contributed by atoms with Crippen LogP contribution in [-0.2, 0) is 27.6 Å². The third kappa shape index (κ3) is 3.33. The summed E-state index contributed by atoms with van der Waals surface area (Å²) in [5, 5.41) is 0.933. The van der Waals surface area contributed by atoms with E-state index in [4.69, 9.17) is 9.72 Å². The molecule has 7 nitrogen and oxygen atoms in total. The third-order valence-corrected chi connectivity index (χ3v) is 8.32. The molecule has 1 fully saturated rings. The molecule has 3 heterocycles. The summed E-state index contributed by atoms with van der Waals surface area (Å²) in [4.78, 5) is 10.7. The number of nitrogens with zero attached hydrogens (tertiary/aromatic N) is 4. The van der Waals surface area contributed by atoms with Crippen LogP contribution in [0.4, 0.5) is 0 Å². The zero-order valence-corrected chi connectivity index (χ0v) is 16.7. The number of hydrogen-bond acceptors (Lipinski definition) is 6. The lowest BCUT2D eigenvalue weighted by Gasteiger charge is -2.22. The van der Waals surface area contributed by atoms with Gasteiger partial charge in [0.1, 0.15) is 0 Å². The predicted molar refractivity (Wildman–Crippen MR) is 101 cm³/mol. The van der Waals surface area contributed by atoms with Gasteiger partial charge in [0.2, 0.25) is 10.0 Å². The van der Waals surface area contributed by atoms with E-state index >= 15 is 0 Å². The fraction of sp³-hybridized carbons (Fsp3) is 0.647. The van der Waals surface area contributed by atoms with E-state index in [-0.39, 0.29) is 17.7 Å². The van der Waals surface area contributed by atoms with Gasteiger partial charge in [0.15, 0.2) is 10.8 Å². The molecule has 0 unspecified atom stereocenters. The molecular formula is C17H24N4O3S2. The maximum Gasteiger partial charge on any atom is 0.214 e. The lowest BCUT2D eigenvalue weighted by atomic mass is 10.0. The molecule has 1 aliphatic heterocycles. The minimum atomic E-state index is -3.28. The Morgan fingerprint density at radius 2 is 2.12 bits per heavy atom. The van der Waals surface area contributed by atoms with E-state index in [1.54, 1.807) is 31.6 Å². The monoisotopic (exact) mass is 396 g/mol. The zero-order chi connectivity index (χ0) is 18.3. The van der Waals surface area contributed by atoms with Crippen LogP contribution in [0.15, 0.2) is 12.4 Å². The Morgan fingerprint density at radius 3 is 2.88 bits per heavy atom. The van der Waals surface area contributed by atoms with Gasteiger partial charge in [-0.1, -0.05) is 0 Å². The fourth-order valence-electron chi connectivity index (χ4n) is 3.67. The molecule has 0 bridgehead atoms. The van der Waals surface area contributed by atoms with E-state index < -0.39 is 10.0 Å². The summed E-state index contributed by atoms with van der Waals surface area (Å²) in [6, 6.07) is -0.0387. The zero-order valence-electron chi connectivity index (χ0n) is 15.1. The lowest BCUT2D eigenvalue weighted by Crippen LogP contribution is -2.32. The molecule has 1 saturated heterocycles. The number of imidazole rings is 1. The van der Waals surface area contributed by atoms with Gasteiger partial charge in [-0.05, 0) is 25.7 Å². The van der Waals surface area contributed by atoms with E-state index in [0.29, 0.717) is 13.2 Å². The van der Waals surface area contributed by atoms with Crippen molar-refractivity contribution < 1.29 is 13.2 Å². The molecule has 0 amide bonds. The first kappa shape index (κ1) is 18.1. The highest BCUT2D eigenvalue weighted by molar-refractivity contribution is 7.89. The highest BCUT2D eigenvalue weighted by Crippen LogP contribution is 2.35. The van der Waals surface area contributed by atoms with Crippen LogP contribution in [0.2, 0.25) is 0 Å². The quantitative estimate of drug-likeness (QED) is 0.772. The number of aromatic nitrogens is 3. The van der Waals surface area contributed by atoms with Gasteiger partial charge in [0.05, 0.1) is 30.7 Å². The van der Waals surface area contributed by atoms with Crippen molar-refractivity contribution in [1.29, 1.82) is 0 Å². The Kier molecular flexibility index (Phi) is 4.89. The molecule has 0 saturated carbocycles. The minimum Gasteiger partial charge on any atom is -0.379 e. The third-order valence-electron chi connectivity index (χ3n) is 5.21. The van der Waals surface area contributed by atoms with Crippen molar-refractivity contribution in [2.45, 2.75) is 31.7 Å². The highest BCUT2D eigenvalue weighted by Gasteiger charge is 2.35. The van der Waals surface area contributed by atoms with Gasteiger partial charge >= 0.3 is 0 Å². The summed E-state index contributed by atoms with van der Waals surface area (Å²) in [7, 11) is -0.134. The molecule has 142 valence electrons. The van der Waals surface area contributed by atoms with Crippen molar-refractivity contribution in [3.05, 3.63) is 23.0 Å². The van der Waals surface area contributed by atoms with Crippen LogP contribution in [0.1, 0.15) is 29.5 Å². The molecule has 0 aromatic carbocycles. The number of hydrogen-bond donors (Lipinski definition) is 0. The molecule has 2 aromatic heterocycles. The SMILES string of the molecule is CN(C)S(=O)(=O)C[C@@H]1COC[C@H]1n1ccnc1-c1nc2c(s1)CCCC2. The minimum absolute atomic E-state index is 0.0387. The van der Waals surface area contributed by atoms with Gasteiger partial charge < -0.3 is 9.30 Å². The van der Waals surface area contributed by atoms with Crippen molar-refractivity contribution in [3.8, 4) is 10.8 Å². The van der Waals surface area contributed by atoms with Gasteiger partial charge in [-0.25, -0.2) is 22.7 Å². The molecule has 2 atom stereocenters. The van der Waals surface area contributed by atoms with E-state index in [9.17, 15) is 8.42 Å². The van der Waals surface area contributed by atoms with Gasteiger partial charge in [-0.3, -0.25) is 0 Å². The van der Waals surface area contributed by atoms with Gasteiger partial charge in [0, 0.05) is 37.3 Å². The molecular weight excluding hydrogens is 372 g/mol. The summed E-state index contributed by atoms with van der Waals surface area (Å²) >= 11 is 1.72. The fourth-order valence-corrected chi connectivity index (χ4v) is 5.98. The first-order valence-electron chi connectivity index (χ1n) is 8.95. The molecule has 2 aromatic rings. The standard InChI is InChI=1S/C17H24N4O3S2/c1-20(2)26(22,23)11-12-9-24-10-14(12)21-8-7-18-16(21)17-19-13-5-3-4-6-15(13)25-17/h7-8,12,14H,3-6,9-11H2,1-2H3/t12-,14+/m0/s1. The van der Waals surface area contributed by atoms with Crippen LogP contribution < -0.4 is 0 Å². The lowest BCUT2D eigenvalue weighted by molar-refractivity contribution is 0.182. The summed E-state index contributed by atoms with van der Waals surface area (Å²) in [5.74, 6) is 0.813. The second-order valence-corrected chi connectivity index (χ2v) is 10.5. The average Bonchev–Trinajstić information content (AvgIpc) is 3.32. The van der Waals surface area contributed by atoms with Crippen molar-refractivity contribution in [2.75, 3.05) is 33.1 Å². The van der Waals surface area contributed by atoms with Gasteiger partial charge in [-0.2, -0.15) is 0 Å². The molecule has 9 heteroatoms. The summed E-state index contributed by atoms with van der Waals surface area (Å²) < 4.78 is 33.6. The molecule has 1 aliphatic carbocycles. The Morgan fingerprint density at radius 1 is 1.31 bits per heavy atom. The number of aryl methyl sites for hydroxylation is 2. The molecule has 26 heavy (non-hydrogen) atoms. The van der Waals surface area contributed by atoms with E-state index in [1.165, 1.54) is 27.7 Å². The number of thiazole rings is 1. The molecule has 4 rings (SSSR count). The van der Waals surface area contributed by atoms with E-state index in [1.807, 2.05) is 6.20 Å². The van der Waals surface area contributed by atoms with Crippen molar-refractivity contribution in [3.63, 3.8) is 0 Å². The molecule has 0 spiro atoms. The van der Waals surface area contributed by atoms with Crippen molar-refractivity contribution in [2.24, 2.45) is 5.92 Å². The summed E-state index contributed by atoms with van der Waals surface area (Å²) in [5.41, 5.74) is 1.21. The van der Waals surface area contributed by atoms with E-state index in [2.05, 4.69) is 9.55 Å². The largest absolute Gasteiger partial charge is 0.379 e. The number of rotatable bonds is 5. The maximum atomic E-state index is 12.3. The Bertz CT molecular complexity index is 864. The number of sulfonamides is 1. The van der Waals surface area contributed by atoms with E-state index in [0.717, 1.165) is 23.7 Å². The highest BCUT2D eigenvalue weighted by atomic mass is 32.2.